The maximum Gasteiger partial charge on any atom is 0.0301 e. The lowest BCUT2D eigenvalue weighted by molar-refractivity contribution is 0.584. The van der Waals surface area contributed by atoms with E-state index in [1.807, 2.05) is 0 Å². The van der Waals surface area contributed by atoms with Crippen LogP contribution >= 0.6 is 0 Å². The molecule has 0 unspecified atom stereocenters. The highest BCUT2D eigenvalue weighted by Crippen LogP contribution is 2.32. The van der Waals surface area contributed by atoms with Crippen molar-refractivity contribution in [2.24, 2.45) is 5.73 Å². The minimum Gasteiger partial charge on any atom is -0.324 e. The number of benzene rings is 3. The second kappa shape index (κ2) is 6.28. The molecule has 0 spiro atoms. The number of hydrogen-bond acceptors (Lipinski definition) is 1. The molecule has 0 aliphatic rings. The third-order valence-corrected chi connectivity index (χ3v) is 4.32. The van der Waals surface area contributed by atoms with Gasteiger partial charge in [-0.15, -0.1) is 0 Å². The summed E-state index contributed by atoms with van der Waals surface area (Å²) in [7, 11) is 0. The molecule has 0 bridgehead atoms. The van der Waals surface area contributed by atoms with E-state index < -0.39 is 0 Å². The first kappa shape index (κ1) is 14.1. The number of hydrogen-bond donors (Lipinski definition) is 1. The maximum absolute atomic E-state index is 6.49. The molecule has 1 nitrogen and oxygen atoms in total. The minimum atomic E-state index is 0.131. The van der Waals surface area contributed by atoms with Gasteiger partial charge < -0.3 is 5.73 Å². The van der Waals surface area contributed by atoms with Crippen LogP contribution in [0.4, 0.5) is 0 Å². The Morgan fingerprint density at radius 1 is 0.857 bits per heavy atom. The highest BCUT2D eigenvalue weighted by molar-refractivity contribution is 6.09. The zero-order chi connectivity index (χ0) is 14.7. The molecular formula is C20H23N. The monoisotopic (exact) mass is 277 g/mol. The molecule has 1 atom stereocenters. The van der Waals surface area contributed by atoms with E-state index in [-0.39, 0.29) is 6.04 Å². The summed E-state index contributed by atoms with van der Waals surface area (Å²) >= 11 is 0. The Labute approximate surface area is 126 Å². The van der Waals surface area contributed by atoms with Gasteiger partial charge in [0.05, 0.1) is 0 Å². The van der Waals surface area contributed by atoms with Gasteiger partial charge in [-0.1, -0.05) is 74.7 Å². The predicted molar refractivity (Wildman–Crippen MR) is 92.5 cm³/mol. The van der Waals surface area contributed by atoms with Crippen molar-refractivity contribution in [3.05, 3.63) is 60.2 Å². The average molecular weight is 277 g/mol. The summed E-state index contributed by atoms with van der Waals surface area (Å²) in [5.41, 5.74) is 7.78. The van der Waals surface area contributed by atoms with Gasteiger partial charge in [0.15, 0.2) is 0 Å². The molecule has 3 aromatic carbocycles. The molecule has 0 saturated heterocycles. The fourth-order valence-electron chi connectivity index (χ4n) is 3.16. The molecule has 3 aromatic rings. The molecule has 21 heavy (non-hydrogen) atoms. The zero-order valence-corrected chi connectivity index (χ0v) is 12.7. The average Bonchev–Trinajstić information content (AvgIpc) is 2.54. The van der Waals surface area contributed by atoms with Crippen molar-refractivity contribution >= 4 is 21.5 Å². The van der Waals surface area contributed by atoms with Gasteiger partial charge >= 0.3 is 0 Å². The van der Waals surface area contributed by atoms with Crippen LogP contribution in [0.5, 0.6) is 0 Å². The zero-order valence-electron chi connectivity index (χ0n) is 12.7. The molecule has 0 aromatic heterocycles. The standard InChI is InChI=1S/C20H23N/c1-2-3-4-13-20(21)19-14-15-9-5-6-10-16(15)17-11-7-8-12-18(17)19/h5-12,14,20H,2-4,13,21H2,1H3/t20-/m0/s1. The van der Waals surface area contributed by atoms with Crippen molar-refractivity contribution < 1.29 is 0 Å². The van der Waals surface area contributed by atoms with Crippen LogP contribution in [0, 0.1) is 0 Å². The first-order valence-corrected chi connectivity index (χ1v) is 7.97. The lowest BCUT2D eigenvalue weighted by Gasteiger charge is -2.16. The fraction of sp³-hybridized carbons (Fsp3) is 0.300. The van der Waals surface area contributed by atoms with Crippen molar-refractivity contribution in [3.63, 3.8) is 0 Å². The van der Waals surface area contributed by atoms with Crippen molar-refractivity contribution in [2.75, 3.05) is 0 Å². The summed E-state index contributed by atoms with van der Waals surface area (Å²) in [4.78, 5) is 0. The lowest BCUT2D eigenvalue weighted by atomic mass is 9.92. The number of unbranched alkanes of at least 4 members (excludes halogenated alkanes) is 2. The van der Waals surface area contributed by atoms with Crippen LogP contribution in [-0.2, 0) is 0 Å². The molecule has 0 aliphatic heterocycles. The Morgan fingerprint density at radius 3 is 2.29 bits per heavy atom. The largest absolute Gasteiger partial charge is 0.324 e. The van der Waals surface area contributed by atoms with E-state index >= 15 is 0 Å². The molecule has 0 radical (unpaired) electrons. The van der Waals surface area contributed by atoms with Crippen molar-refractivity contribution in [2.45, 2.75) is 38.6 Å². The Bertz CT molecular complexity index is 745. The van der Waals surface area contributed by atoms with Crippen molar-refractivity contribution in [3.8, 4) is 0 Å². The minimum absolute atomic E-state index is 0.131. The van der Waals surface area contributed by atoms with E-state index in [0.717, 1.165) is 6.42 Å². The van der Waals surface area contributed by atoms with E-state index in [2.05, 4.69) is 61.5 Å². The van der Waals surface area contributed by atoms with Gasteiger partial charge in [-0.05, 0) is 39.6 Å². The second-order valence-electron chi connectivity index (χ2n) is 5.83. The lowest BCUT2D eigenvalue weighted by Crippen LogP contribution is -2.10. The molecule has 2 N–H and O–H groups in total. The van der Waals surface area contributed by atoms with E-state index in [9.17, 15) is 0 Å². The van der Waals surface area contributed by atoms with Crippen LogP contribution in [0.1, 0.15) is 44.2 Å². The van der Waals surface area contributed by atoms with Crippen LogP contribution in [0.15, 0.2) is 54.6 Å². The molecule has 3 rings (SSSR count). The Kier molecular flexibility index (Phi) is 4.21. The van der Waals surface area contributed by atoms with Gasteiger partial charge in [0.1, 0.15) is 0 Å². The van der Waals surface area contributed by atoms with E-state index in [0.29, 0.717) is 0 Å². The van der Waals surface area contributed by atoms with Crippen LogP contribution < -0.4 is 5.73 Å². The smallest absolute Gasteiger partial charge is 0.0301 e. The Morgan fingerprint density at radius 2 is 1.52 bits per heavy atom. The summed E-state index contributed by atoms with van der Waals surface area (Å²) in [6, 6.07) is 19.6. The third kappa shape index (κ3) is 2.79. The topological polar surface area (TPSA) is 26.0 Å². The van der Waals surface area contributed by atoms with Crippen LogP contribution in [-0.4, -0.2) is 0 Å². The van der Waals surface area contributed by atoms with Crippen molar-refractivity contribution in [1.82, 2.24) is 0 Å². The first-order chi connectivity index (χ1) is 10.3. The summed E-state index contributed by atoms with van der Waals surface area (Å²) in [6.45, 7) is 2.23. The summed E-state index contributed by atoms with van der Waals surface area (Å²) in [6.07, 6.45) is 4.78. The quantitative estimate of drug-likeness (QED) is 0.478. The normalized spacial score (nSPS) is 12.9. The van der Waals surface area contributed by atoms with Gasteiger partial charge in [0, 0.05) is 6.04 Å². The predicted octanol–water partition coefficient (Wildman–Crippen LogP) is 5.57. The van der Waals surface area contributed by atoms with E-state index in [4.69, 9.17) is 5.73 Å². The SMILES string of the molecule is CCCCC[C@H](N)c1cc2ccccc2c2ccccc12. The third-order valence-electron chi connectivity index (χ3n) is 4.32. The van der Waals surface area contributed by atoms with Gasteiger partial charge in [-0.2, -0.15) is 0 Å². The molecule has 0 saturated carbocycles. The summed E-state index contributed by atoms with van der Waals surface area (Å²) in [5, 5.41) is 5.23. The highest BCUT2D eigenvalue weighted by atomic mass is 14.6. The second-order valence-corrected chi connectivity index (χ2v) is 5.83. The number of rotatable bonds is 5. The van der Waals surface area contributed by atoms with Gasteiger partial charge in [0.25, 0.3) is 0 Å². The summed E-state index contributed by atoms with van der Waals surface area (Å²) in [5.74, 6) is 0. The molecule has 1 heteroatoms. The number of nitrogens with two attached hydrogens (primary N) is 1. The van der Waals surface area contributed by atoms with E-state index in [1.54, 1.807) is 0 Å². The van der Waals surface area contributed by atoms with E-state index in [1.165, 1.54) is 46.4 Å². The van der Waals surface area contributed by atoms with Gasteiger partial charge in [0.2, 0.25) is 0 Å². The highest BCUT2D eigenvalue weighted by Gasteiger charge is 2.12. The summed E-state index contributed by atoms with van der Waals surface area (Å²) < 4.78 is 0. The fourth-order valence-corrected chi connectivity index (χ4v) is 3.16. The molecule has 0 amide bonds. The maximum atomic E-state index is 6.49. The van der Waals surface area contributed by atoms with Crippen LogP contribution in [0.2, 0.25) is 0 Å². The molecular weight excluding hydrogens is 254 g/mol. The Balaban J connectivity index is 2.11. The Hall–Kier alpha value is -1.86. The first-order valence-electron chi connectivity index (χ1n) is 7.97. The molecule has 0 heterocycles. The van der Waals surface area contributed by atoms with Crippen LogP contribution in [0.3, 0.4) is 0 Å². The number of fused-ring (bicyclic) bond motifs is 3. The van der Waals surface area contributed by atoms with Crippen molar-refractivity contribution in [1.29, 1.82) is 0 Å². The molecule has 108 valence electrons. The molecule has 0 aliphatic carbocycles. The van der Waals surface area contributed by atoms with Gasteiger partial charge in [-0.3, -0.25) is 0 Å². The van der Waals surface area contributed by atoms with Crippen LogP contribution in [0.25, 0.3) is 21.5 Å². The molecule has 0 fully saturated rings. The van der Waals surface area contributed by atoms with Gasteiger partial charge in [-0.25, -0.2) is 0 Å².